The van der Waals surface area contributed by atoms with E-state index in [4.69, 9.17) is 0 Å². The molecule has 39 heavy (non-hydrogen) atoms. The molecule has 0 aromatic heterocycles. The third-order valence-electron chi connectivity index (χ3n) is 11.7. The molecule has 9 nitrogen and oxygen atoms in total. The molecule has 5 N–H and O–H groups in total. The molecule has 0 radical (unpaired) electrons. The molecule has 0 saturated heterocycles. The molecule has 0 heterocycles. The first-order chi connectivity index (χ1) is 17.4. The number of aliphatic hydroxyl groups is 5. The molecule has 3 unspecified atom stereocenters. The Balaban J connectivity index is 0.00000420. The van der Waals surface area contributed by atoms with Crippen molar-refractivity contribution in [3.8, 4) is 0 Å². The summed E-state index contributed by atoms with van der Waals surface area (Å²) >= 11 is 0. The number of allylic oxidation sites excluding steroid dienone is 1. The van der Waals surface area contributed by atoms with Crippen LogP contribution in [-0.2, 0) is 14.6 Å². The zero-order valence-corrected chi connectivity index (χ0v) is 27.1. The monoisotopic (exact) mass is 582 g/mol. The molecule has 0 amide bonds. The van der Waals surface area contributed by atoms with E-state index in [1.807, 2.05) is 12.2 Å². The van der Waals surface area contributed by atoms with E-state index in [9.17, 15) is 38.5 Å². The molecule has 0 spiro atoms. The van der Waals surface area contributed by atoms with Gasteiger partial charge in [-0.15, -0.1) is 0 Å². The van der Waals surface area contributed by atoms with Crippen LogP contribution in [0.4, 0.5) is 0 Å². The molecule has 0 bridgehead atoms. The molecular weight excluding hydrogens is 535 g/mol. The van der Waals surface area contributed by atoms with Gasteiger partial charge in [-0.2, -0.15) is 0 Å². The smallest absolute Gasteiger partial charge is 0.726 e. The zero-order chi connectivity index (χ0) is 28.5. The van der Waals surface area contributed by atoms with E-state index in [0.717, 1.165) is 12.8 Å². The van der Waals surface area contributed by atoms with Crippen LogP contribution in [-0.4, -0.2) is 74.6 Å². The minimum atomic E-state index is -4.90. The first-order valence-corrected chi connectivity index (χ1v) is 15.5. The summed E-state index contributed by atoms with van der Waals surface area (Å²) in [5.74, 6) is -0.0377. The van der Waals surface area contributed by atoms with Gasteiger partial charge in [-0.3, -0.25) is 4.18 Å². The molecule has 0 aromatic carbocycles. The van der Waals surface area contributed by atoms with Crippen molar-refractivity contribution < 1.29 is 72.2 Å². The fourth-order valence-corrected chi connectivity index (χ4v) is 9.58. The van der Waals surface area contributed by atoms with E-state index in [1.54, 1.807) is 6.92 Å². The van der Waals surface area contributed by atoms with E-state index in [-0.39, 0.29) is 71.0 Å². The first kappa shape index (κ1) is 33.9. The Morgan fingerprint density at radius 1 is 1.10 bits per heavy atom. The normalized spacial score (nSPS) is 47.3. The summed E-state index contributed by atoms with van der Waals surface area (Å²) in [5.41, 5.74) is -3.55. The topological polar surface area (TPSA) is 168 Å². The van der Waals surface area contributed by atoms with Crippen LogP contribution < -0.4 is 29.6 Å². The fraction of sp³-hybridized carbons (Fsp3) is 0.929. The Morgan fingerprint density at radius 2 is 1.74 bits per heavy atom. The van der Waals surface area contributed by atoms with Gasteiger partial charge in [0.15, 0.2) is 0 Å². The number of hydrogen-bond donors (Lipinski definition) is 5. The van der Waals surface area contributed by atoms with Gasteiger partial charge in [0.05, 0.1) is 36.1 Å². The average Bonchev–Trinajstić information content (AvgIpc) is 3.08. The number of rotatable bonds is 7. The molecule has 13 atom stereocenters. The van der Waals surface area contributed by atoms with E-state index in [2.05, 4.69) is 25.0 Å². The summed E-state index contributed by atoms with van der Waals surface area (Å²) in [6.45, 7) is 8.93. The van der Waals surface area contributed by atoms with Gasteiger partial charge in [-0.05, 0) is 80.5 Å². The summed E-state index contributed by atoms with van der Waals surface area (Å²) in [4.78, 5) is 0. The SMILES string of the molecule is CC(/C=C/[C@@H](C)[C@H]1C[C@H](O)[C@H]2[C@@H]3C[C@@H](O)[C@@]4(O)C[C@@H](O)CC[C@]4(C)C3CC[C@@]21C)C(C)(O)COS(=O)(=O)[O-].[Na+]. The van der Waals surface area contributed by atoms with Gasteiger partial charge in [0.2, 0.25) is 10.4 Å². The molecule has 11 heteroatoms. The van der Waals surface area contributed by atoms with Crippen LogP contribution in [0.25, 0.3) is 0 Å². The van der Waals surface area contributed by atoms with Crippen molar-refractivity contribution in [1.82, 2.24) is 0 Å². The molecule has 4 fully saturated rings. The number of hydrogen-bond acceptors (Lipinski definition) is 9. The van der Waals surface area contributed by atoms with Crippen molar-refractivity contribution in [2.24, 2.45) is 46.3 Å². The van der Waals surface area contributed by atoms with Crippen molar-refractivity contribution in [3.05, 3.63) is 12.2 Å². The molecule has 4 rings (SSSR count). The number of aliphatic hydroxyl groups excluding tert-OH is 3. The quantitative estimate of drug-likeness (QED) is 0.111. The van der Waals surface area contributed by atoms with Crippen LogP contribution >= 0.6 is 0 Å². The fourth-order valence-electron chi connectivity index (χ4n) is 9.20. The van der Waals surface area contributed by atoms with Gasteiger partial charge in [0.25, 0.3) is 0 Å². The maximum Gasteiger partial charge on any atom is 1.00 e. The van der Waals surface area contributed by atoms with Crippen molar-refractivity contribution >= 4 is 10.4 Å². The molecule has 4 aliphatic rings. The van der Waals surface area contributed by atoms with E-state index in [1.165, 1.54) is 6.92 Å². The van der Waals surface area contributed by atoms with Crippen LogP contribution in [0.15, 0.2) is 12.2 Å². The van der Waals surface area contributed by atoms with Crippen LogP contribution in [0.5, 0.6) is 0 Å². The second-order valence-electron chi connectivity index (χ2n) is 13.8. The van der Waals surface area contributed by atoms with Crippen molar-refractivity contribution in [3.63, 3.8) is 0 Å². The standard InChI is InChI=1S/C28H48O9S.Na/c1-16(6-7-17(2)27(5,32)15-37-38(34,35)36)21-13-22(30)24-19-12-23(31)28(33)14-18(29)8-11-26(28,4)20(19)9-10-25(21,24)3;/h6-7,16-24,29-33H,8-15H2,1-5H3,(H,34,35,36);/q;+1/p-1/b7-6+;/t16-,17?,18+,19-,20?,21-,22+,23-,24-,25-,26-,27?,28+;/m1./s1. The van der Waals surface area contributed by atoms with Crippen LogP contribution in [0, 0.1) is 46.3 Å². The Kier molecular flexibility index (Phi) is 9.99. The minimum absolute atomic E-state index is 0. The van der Waals surface area contributed by atoms with Gasteiger partial charge in [0.1, 0.15) is 0 Å². The molecular formula is C28H47NaO9S. The number of fused-ring (bicyclic) bond motifs is 5. The van der Waals surface area contributed by atoms with Gasteiger partial charge >= 0.3 is 29.6 Å². The Hall–Kier alpha value is 0.410. The third kappa shape index (κ3) is 5.96. The second kappa shape index (κ2) is 11.5. The summed E-state index contributed by atoms with van der Waals surface area (Å²) in [7, 11) is -4.90. The van der Waals surface area contributed by atoms with Crippen molar-refractivity contribution in [1.29, 1.82) is 0 Å². The van der Waals surface area contributed by atoms with Gasteiger partial charge in [0, 0.05) is 17.8 Å². The molecule has 220 valence electrons. The van der Waals surface area contributed by atoms with Crippen LogP contribution in [0.3, 0.4) is 0 Å². The molecule has 0 aromatic rings. The molecule has 4 aliphatic carbocycles. The largest absolute Gasteiger partial charge is 1.00 e. The van der Waals surface area contributed by atoms with Crippen molar-refractivity contribution in [2.75, 3.05) is 6.61 Å². The predicted octanol–water partition coefficient (Wildman–Crippen LogP) is -0.877. The molecule has 0 aliphatic heterocycles. The Morgan fingerprint density at radius 3 is 2.36 bits per heavy atom. The van der Waals surface area contributed by atoms with Crippen LogP contribution in [0.2, 0.25) is 0 Å². The minimum Gasteiger partial charge on any atom is -0.726 e. The van der Waals surface area contributed by atoms with Crippen LogP contribution in [0.1, 0.15) is 79.6 Å². The Labute approximate surface area is 255 Å². The maximum absolute atomic E-state index is 11.6. The third-order valence-corrected chi connectivity index (χ3v) is 12.1. The van der Waals surface area contributed by atoms with E-state index >= 15 is 0 Å². The van der Waals surface area contributed by atoms with Crippen molar-refractivity contribution in [2.45, 2.75) is 109 Å². The summed E-state index contributed by atoms with van der Waals surface area (Å²) in [5, 5.41) is 55.2. The maximum atomic E-state index is 11.6. The molecule has 4 saturated carbocycles. The summed E-state index contributed by atoms with van der Waals surface area (Å²) in [6.07, 6.45) is 6.01. The van der Waals surface area contributed by atoms with Gasteiger partial charge in [-0.1, -0.05) is 39.8 Å². The van der Waals surface area contributed by atoms with E-state index < -0.39 is 57.9 Å². The average molecular weight is 583 g/mol. The predicted molar refractivity (Wildman–Crippen MR) is 139 cm³/mol. The summed E-state index contributed by atoms with van der Waals surface area (Å²) in [6, 6.07) is 0. The second-order valence-corrected chi connectivity index (χ2v) is 14.9. The first-order valence-electron chi connectivity index (χ1n) is 14.1. The summed E-state index contributed by atoms with van der Waals surface area (Å²) < 4.78 is 36.7. The van der Waals surface area contributed by atoms with Gasteiger partial charge in [-0.25, -0.2) is 8.42 Å². The van der Waals surface area contributed by atoms with Gasteiger partial charge < -0.3 is 30.1 Å². The van der Waals surface area contributed by atoms with E-state index in [0.29, 0.717) is 25.7 Å². The zero-order valence-electron chi connectivity index (χ0n) is 24.3. The Bertz CT molecular complexity index is 1020.